The van der Waals surface area contributed by atoms with E-state index in [1.807, 2.05) is 6.07 Å². The molecule has 0 amide bonds. The molecule has 0 aliphatic rings. The van der Waals surface area contributed by atoms with Gasteiger partial charge in [0.25, 0.3) is 0 Å². The number of halogens is 2. The lowest BCUT2D eigenvalue weighted by Gasteiger charge is -2.14. The van der Waals surface area contributed by atoms with E-state index in [1.54, 1.807) is 0 Å². The molecule has 0 spiro atoms. The van der Waals surface area contributed by atoms with Gasteiger partial charge in [0.1, 0.15) is 5.75 Å². The molecule has 0 aliphatic heterocycles. The standard InChI is InChI=1S/C14H20BrClO/c1-4-7-17-14-6-5-11(9-12(14)15)13(16)8-10(2)3/h5-6,9-10,13H,4,7-8H2,1-3H3. The molecule has 0 heterocycles. The highest BCUT2D eigenvalue weighted by atomic mass is 79.9. The summed E-state index contributed by atoms with van der Waals surface area (Å²) >= 11 is 9.90. The summed E-state index contributed by atoms with van der Waals surface area (Å²) in [7, 11) is 0. The summed E-state index contributed by atoms with van der Waals surface area (Å²) in [5.74, 6) is 1.50. The molecule has 1 aromatic rings. The molecule has 1 aromatic carbocycles. The first-order chi connectivity index (χ1) is 8.04. The van der Waals surface area contributed by atoms with Crippen molar-refractivity contribution in [2.45, 2.75) is 39.0 Å². The summed E-state index contributed by atoms with van der Waals surface area (Å²) in [6, 6.07) is 6.10. The zero-order valence-electron chi connectivity index (χ0n) is 10.7. The van der Waals surface area contributed by atoms with Crippen molar-refractivity contribution in [1.29, 1.82) is 0 Å². The summed E-state index contributed by atoms with van der Waals surface area (Å²) in [6.07, 6.45) is 2.00. The normalized spacial score (nSPS) is 12.8. The van der Waals surface area contributed by atoms with Gasteiger partial charge in [-0.2, -0.15) is 0 Å². The van der Waals surface area contributed by atoms with Gasteiger partial charge in [-0.25, -0.2) is 0 Å². The van der Waals surface area contributed by atoms with Gasteiger partial charge >= 0.3 is 0 Å². The van der Waals surface area contributed by atoms with Gasteiger partial charge in [-0.1, -0.05) is 26.8 Å². The lowest BCUT2D eigenvalue weighted by Crippen LogP contribution is -1.99. The molecule has 1 rings (SSSR count). The Hall–Kier alpha value is -0.210. The molecule has 0 radical (unpaired) electrons. The van der Waals surface area contributed by atoms with E-state index in [-0.39, 0.29) is 5.38 Å². The molecule has 17 heavy (non-hydrogen) atoms. The third kappa shape index (κ3) is 4.89. The van der Waals surface area contributed by atoms with Crippen LogP contribution in [-0.2, 0) is 0 Å². The van der Waals surface area contributed by atoms with E-state index in [1.165, 1.54) is 0 Å². The number of ether oxygens (including phenoxy) is 1. The molecule has 1 atom stereocenters. The molecular weight excluding hydrogens is 300 g/mol. The maximum Gasteiger partial charge on any atom is 0.133 e. The van der Waals surface area contributed by atoms with Crippen LogP contribution in [0.15, 0.2) is 22.7 Å². The third-order valence-electron chi connectivity index (χ3n) is 2.46. The van der Waals surface area contributed by atoms with Gasteiger partial charge in [0, 0.05) is 0 Å². The van der Waals surface area contributed by atoms with E-state index in [4.69, 9.17) is 16.3 Å². The number of hydrogen-bond donors (Lipinski definition) is 0. The topological polar surface area (TPSA) is 9.23 Å². The van der Waals surface area contributed by atoms with Crippen LogP contribution in [0.1, 0.15) is 44.6 Å². The Kier molecular flexibility index (Phi) is 6.35. The summed E-state index contributed by atoms with van der Waals surface area (Å²) in [6.45, 7) is 7.21. The summed E-state index contributed by atoms with van der Waals surface area (Å²) in [4.78, 5) is 0. The predicted molar refractivity (Wildman–Crippen MR) is 78.0 cm³/mol. The van der Waals surface area contributed by atoms with Crippen molar-refractivity contribution in [1.82, 2.24) is 0 Å². The van der Waals surface area contributed by atoms with E-state index in [9.17, 15) is 0 Å². The fraction of sp³-hybridized carbons (Fsp3) is 0.571. The third-order valence-corrected chi connectivity index (χ3v) is 3.51. The Balaban J connectivity index is 2.73. The van der Waals surface area contributed by atoms with E-state index in [0.717, 1.165) is 35.2 Å². The Morgan fingerprint density at radius 3 is 2.59 bits per heavy atom. The quantitative estimate of drug-likeness (QED) is 0.623. The SMILES string of the molecule is CCCOc1ccc(C(Cl)CC(C)C)cc1Br. The van der Waals surface area contributed by atoms with Gasteiger partial charge in [-0.3, -0.25) is 0 Å². The molecular formula is C14H20BrClO. The van der Waals surface area contributed by atoms with E-state index in [0.29, 0.717) is 5.92 Å². The highest BCUT2D eigenvalue weighted by Gasteiger charge is 2.12. The number of benzene rings is 1. The average molecular weight is 320 g/mol. The minimum Gasteiger partial charge on any atom is -0.492 e. The first-order valence-electron chi connectivity index (χ1n) is 6.11. The molecule has 96 valence electrons. The van der Waals surface area contributed by atoms with Crippen molar-refractivity contribution in [3.05, 3.63) is 28.2 Å². The molecule has 1 unspecified atom stereocenters. The van der Waals surface area contributed by atoms with Gasteiger partial charge in [-0.15, -0.1) is 11.6 Å². The van der Waals surface area contributed by atoms with Crippen LogP contribution in [0.4, 0.5) is 0 Å². The van der Waals surface area contributed by atoms with E-state index >= 15 is 0 Å². The van der Waals surface area contributed by atoms with Crippen molar-refractivity contribution in [3.63, 3.8) is 0 Å². The minimum atomic E-state index is 0.0755. The maximum absolute atomic E-state index is 6.37. The lowest BCUT2D eigenvalue weighted by molar-refractivity contribution is 0.315. The molecule has 0 N–H and O–H groups in total. The van der Waals surface area contributed by atoms with Crippen molar-refractivity contribution < 1.29 is 4.74 Å². The van der Waals surface area contributed by atoms with Gasteiger partial charge in [0.05, 0.1) is 16.5 Å². The molecule has 0 saturated carbocycles. The predicted octanol–water partition coefficient (Wildman–Crippen LogP) is 5.56. The van der Waals surface area contributed by atoms with Gasteiger partial charge in [-0.05, 0) is 52.4 Å². The highest BCUT2D eigenvalue weighted by Crippen LogP contribution is 2.33. The summed E-state index contributed by atoms with van der Waals surface area (Å²) in [5, 5.41) is 0.0755. The second-order valence-corrected chi connectivity index (χ2v) is 6.02. The number of hydrogen-bond acceptors (Lipinski definition) is 1. The van der Waals surface area contributed by atoms with Crippen LogP contribution >= 0.6 is 27.5 Å². The Morgan fingerprint density at radius 1 is 1.35 bits per heavy atom. The zero-order chi connectivity index (χ0) is 12.8. The molecule has 0 saturated heterocycles. The van der Waals surface area contributed by atoms with Crippen LogP contribution in [0.5, 0.6) is 5.75 Å². The number of rotatable bonds is 6. The summed E-state index contributed by atoms with van der Waals surface area (Å²) < 4.78 is 6.60. The lowest BCUT2D eigenvalue weighted by atomic mass is 10.0. The van der Waals surface area contributed by atoms with Crippen LogP contribution in [0, 0.1) is 5.92 Å². The Bertz CT molecular complexity index is 352. The zero-order valence-corrected chi connectivity index (χ0v) is 13.0. The average Bonchev–Trinajstić information content (AvgIpc) is 2.26. The second-order valence-electron chi connectivity index (χ2n) is 4.64. The first-order valence-corrected chi connectivity index (χ1v) is 7.33. The Morgan fingerprint density at radius 2 is 2.06 bits per heavy atom. The minimum absolute atomic E-state index is 0.0755. The van der Waals surface area contributed by atoms with Gasteiger partial charge in [0.2, 0.25) is 0 Å². The van der Waals surface area contributed by atoms with Crippen LogP contribution < -0.4 is 4.74 Å². The molecule has 0 aromatic heterocycles. The van der Waals surface area contributed by atoms with Crippen molar-refractivity contribution >= 4 is 27.5 Å². The van der Waals surface area contributed by atoms with Gasteiger partial charge < -0.3 is 4.74 Å². The fourth-order valence-electron chi connectivity index (χ4n) is 1.59. The van der Waals surface area contributed by atoms with Crippen molar-refractivity contribution in [3.8, 4) is 5.75 Å². The van der Waals surface area contributed by atoms with Crippen LogP contribution in [0.25, 0.3) is 0 Å². The molecule has 3 heteroatoms. The van der Waals surface area contributed by atoms with Gasteiger partial charge in [0.15, 0.2) is 0 Å². The Labute approximate surface area is 118 Å². The fourth-order valence-corrected chi connectivity index (χ4v) is 2.59. The van der Waals surface area contributed by atoms with Crippen LogP contribution in [0.3, 0.4) is 0 Å². The first kappa shape index (κ1) is 14.8. The molecule has 0 aliphatic carbocycles. The summed E-state index contributed by atoms with van der Waals surface area (Å²) in [5.41, 5.74) is 1.15. The largest absolute Gasteiger partial charge is 0.492 e. The van der Waals surface area contributed by atoms with E-state index in [2.05, 4.69) is 48.8 Å². The van der Waals surface area contributed by atoms with Crippen molar-refractivity contribution in [2.75, 3.05) is 6.61 Å². The van der Waals surface area contributed by atoms with E-state index < -0.39 is 0 Å². The molecule has 0 fully saturated rings. The molecule has 1 nitrogen and oxygen atoms in total. The highest BCUT2D eigenvalue weighted by molar-refractivity contribution is 9.10. The smallest absolute Gasteiger partial charge is 0.133 e. The van der Waals surface area contributed by atoms with Crippen molar-refractivity contribution in [2.24, 2.45) is 5.92 Å². The molecule has 0 bridgehead atoms. The monoisotopic (exact) mass is 318 g/mol. The van der Waals surface area contributed by atoms with Crippen LogP contribution in [-0.4, -0.2) is 6.61 Å². The maximum atomic E-state index is 6.37. The second kappa shape index (κ2) is 7.27. The van der Waals surface area contributed by atoms with Crippen LogP contribution in [0.2, 0.25) is 0 Å². The number of alkyl halides is 1.